The number of hydrogen-bond acceptors (Lipinski definition) is 5. The molecule has 6 nitrogen and oxygen atoms in total. The Labute approximate surface area is 324 Å². The lowest BCUT2D eigenvalue weighted by atomic mass is 9.89. The minimum absolute atomic E-state index is 0.0781. The molecule has 6 rings (SSSR count). The van der Waals surface area contributed by atoms with Crippen LogP contribution in [0.2, 0.25) is 0 Å². The molecule has 294 valence electrons. The number of fused-ring (bicyclic) bond motifs is 5. The van der Waals surface area contributed by atoms with Crippen LogP contribution in [-0.2, 0) is 16.2 Å². The van der Waals surface area contributed by atoms with Crippen LogP contribution in [0.1, 0.15) is 96.2 Å². The van der Waals surface area contributed by atoms with Crippen LogP contribution in [-0.4, -0.2) is 35.3 Å². The minimum Gasteiger partial charge on any atom is -0.487 e. The van der Waals surface area contributed by atoms with Crippen molar-refractivity contribution in [3.05, 3.63) is 124 Å². The van der Waals surface area contributed by atoms with Gasteiger partial charge in [-0.15, -0.1) is 5.48 Å². The number of nitrogens with one attached hydrogen (secondary N) is 1. The molecular formula is C46H48F4N2O4. The van der Waals surface area contributed by atoms with Gasteiger partial charge in [-0.05, 0) is 79.5 Å². The lowest BCUT2D eigenvalue weighted by molar-refractivity contribution is -0.150. The molecule has 0 saturated heterocycles. The van der Waals surface area contributed by atoms with Gasteiger partial charge in [0.2, 0.25) is 0 Å². The molecule has 2 unspecified atom stereocenters. The summed E-state index contributed by atoms with van der Waals surface area (Å²) in [4.78, 5) is 32.1. The van der Waals surface area contributed by atoms with Crippen molar-refractivity contribution in [1.29, 1.82) is 0 Å². The van der Waals surface area contributed by atoms with E-state index < -0.39 is 31.0 Å². The summed E-state index contributed by atoms with van der Waals surface area (Å²) in [5.74, 6) is -4.80. The summed E-state index contributed by atoms with van der Waals surface area (Å²) in [7, 11) is 0. The summed E-state index contributed by atoms with van der Waals surface area (Å²) >= 11 is 0. The SMILES string of the molecule is CCCCC(CC)Cn1c2ccc(C(NOC(C)=O)c3ccccc3OCC(F)(F)C(F)F)cc2c2cc(C(=O)c3c(C)cc(C)cc3C)c3ccccc3c21. The van der Waals surface area contributed by atoms with Crippen molar-refractivity contribution in [2.45, 2.75) is 92.2 Å². The second kappa shape index (κ2) is 16.9. The third kappa shape index (κ3) is 8.17. The van der Waals surface area contributed by atoms with Gasteiger partial charge < -0.3 is 14.1 Å². The number of carbonyl (C=O) groups is 2. The second-order valence-electron chi connectivity index (χ2n) is 14.8. The lowest BCUT2D eigenvalue weighted by Gasteiger charge is -2.23. The zero-order valence-electron chi connectivity index (χ0n) is 32.6. The van der Waals surface area contributed by atoms with Gasteiger partial charge in [0.25, 0.3) is 0 Å². The third-order valence-electron chi connectivity index (χ3n) is 10.6. The number of unbranched alkanes of at least 4 members (excludes halogenated alkanes) is 1. The van der Waals surface area contributed by atoms with Crippen LogP contribution in [0.15, 0.2) is 84.9 Å². The molecule has 1 N–H and O–H groups in total. The maximum absolute atomic E-state index is 14.7. The fourth-order valence-electron chi connectivity index (χ4n) is 7.93. The number of aryl methyl sites for hydroxylation is 3. The number of hydroxylamine groups is 1. The number of rotatable bonds is 16. The van der Waals surface area contributed by atoms with Gasteiger partial charge in [-0.3, -0.25) is 9.59 Å². The van der Waals surface area contributed by atoms with Gasteiger partial charge >= 0.3 is 18.3 Å². The van der Waals surface area contributed by atoms with Gasteiger partial charge in [0.05, 0.1) is 11.6 Å². The zero-order chi connectivity index (χ0) is 40.3. The Bertz CT molecular complexity index is 2380. The Morgan fingerprint density at radius 1 is 0.839 bits per heavy atom. The van der Waals surface area contributed by atoms with Crippen molar-refractivity contribution in [3.8, 4) is 5.75 Å². The van der Waals surface area contributed by atoms with E-state index in [1.54, 1.807) is 18.2 Å². The van der Waals surface area contributed by atoms with Gasteiger partial charge in [0.1, 0.15) is 5.75 Å². The molecule has 5 aromatic carbocycles. The Kier molecular flexibility index (Phi) is 12.2. The second-order valence-corrected chi connectivity index (χ2v) is 14.8. The van der Waals surface area contributed by atoms with E-state index in [0.717, 1.165) is 81.5 Å². The van der Waals surface area contributed by atoms with Crippen molar-refractivity contribution in [1.82, 2.24) is 10.0 Å². The minimum atomic E-state index is -4.38. The molecule has 10 heteroatoms. The number of ether oxygens (including phenoxy) is 1. The van der Waals surface area contributed by atoms with E-state index in [0.29, 0.717) is 28.2 Å². The Hall–Kier alpha value is -5.22. The van der Waals surface area contributed by atoms with Crippen molar-refractivity contribution < 1.29 is 36.7 Å². The Morgan fingerprint density at radius 3 is 2.18 bits per heavy atom. The molecule has 0 radical (unpaired) electrons. The van der Waals surface area contributed by atoms with Crippen molar-refractivity contribution >= 4 is 44.3 Å². The molecule has 2 atom stereocenters. The number of ketones is 1. The van der Waals surface area contributed by atoms with E-state index in [4.69, 9.17) is 9.57 Å². The molecule has 0 aliphatic carbocycles. The quantitative estimate of drug-likeness (QED) is 0.0603. The number of halogens is 4. The number of aromatic nitrogens is 1. The highest BCUT2D eigenvalue weighted by atomic mass is 19.3. The third-order valence-corrected chi connectivity index (χ3v) is 10.6. The summed E-state index contributed by atoms with van der Waals surface area (Å²) in [6.07, 6.45) is 0.312. The first-order valence-electron chi connectivity index (χ1n) is 19.2. The average molecular weight is 769 g/mol. The summed E-state index contributed by atoms with van der Waals surface area (Å²) in [6, 6.07) is 25.0. The molecule has 0 spiro atoms. The molecule has 0 saturated carbocycles. The summed E-state index contributed by atoms with van der Waals surface area (Å²) in [6.45, 7) is 10.7. The predicted octanol–water partition coefficient (Wildman–Crippen LogP) is 11.8. The van der Waals surface area contributed by atoms with Gasteiger partial charge in [-0.1, -0.05) is 99.3 Å². The Morgan fingerprint density at radius 2 is 1.52 bits per heavy atom. The molecule has 1 aromatic heterocycles. The molecule has 1 heterocycles. The standard InChI is InChI=1S/C46H48F4N2O4/c1-7-9-14-31(8-2)25-52-39-20-19-32(42(51-56-30(6)53)35-17-12-13-18-40(35)55-26-46(49,50)45(47)48)23-36(39)37-24-38(33-15-10-11-16-34(33)43(37)52)44(54)41-28(4)21-27(3)22-29(41)5/h10-13,15-24,31,42,45,51H,7-9,14,25-26H2,1-6H3. The zero-order valence-corrected chi connectivity index (χ0v) is 32.6. The predicted molar refractivity (Wildman–Crippen MR) is 214 cm³/mol. The number of carbonyl (C=O) groups excluding carboxylic acids is 2. The molecule has 0 aliphatic heterocycles. The topological polar surface area (TPSA) is 69.6 Å². The van der Waals surface area contributed by atoms with E-state index in [1.807, 2.05) is 75.4 Å². The van der Waals surface area contributed by atoms with E-state index in [-0.39, 0.29) is 11.5 Å². The normalized spacial score (nSPS) is 13.1. The first-order valence-corrected chi connectivity index (χ1v) is 19.2. The maximum atomic E-state index is 14.7. The maximum Gasteiger partial charge on any atom is 0.340 e. The van der Waals surface area contributed by atoms with Gasteiger partial charge in [-0.25, -0.2) is 8.78 Å². The molecule has 0 aliphatic rings. The fraction of sp³-hybridized carbons (Fsp3) is 0.348. The summed E-state index contributed by atoms with van der Waals surface area (Å²) in [5.41, 5.74) is 9.66. The van der Waals surface area contributed by atoms with Crippen molar-refractivity contribution in [3.63, 3.8) is 0 Å². The highest BCUT2D eigenvalue weighted by Crippen LogP contribution is 2.41. The van der Waals surface area contributed by atoms with E-state index >= 15 is 0 Å². The van der Waals surface area contributed by atoms with E-state index in [1.165, 1.54) is 13.0 Å². The van der Waals surface area contributed by atoms with Crippen molar-refractivity contribution in [2.24, 2.45) is 5.92 Å². The first-order chi connectivity index (χ1) is 26.7. The average Bonchev–Trinajstić information content (AvgIpc) is 3.47. The molecule has 0 amide bonds. The molecular weight excluding hydrogens is 721 g/mol. The smallest absolute Gasteiger partial charge is 0.340 e. The van der Waals surface area contributed by atoms with Crippen LogP contribution < -0.4 is 10.2 Å². The van der Waals surface area contributed by atoms with Crippen molar-refractivity contribution in [2.75, 3.05) is 6.61 Å². The lowest BCUT2D eigenvalue weighted by Crippen LogP contribution is -2.34. The van der Waals surface area contributed by atoms with Crippen LogP contribution in [0.25, 0.3) is 32.6 Å². The number of benzene rings is 5. The van der Waals surface area contributed by atoms with Gasteiger partial charge in [0, 0.05) is 51.8 Å². The summed E-state index contributed by atoms with van der Waals surface area (Å²) in [5, 5.41) is 3.46. The monoisotopic (exact) mass is 768 g/mol. The van der Waals surface area contributed by atoms with Crippen LogP contribution in [0.3, 0.4) is 0 Å². The van der Waals surface area contributed by atoms with Crippen LogP contribution in [0.5, 0.6) is 5.75 Å². The van der Waals surface area contributed by atoms with E-state index in [2.05, 4.69) is 30.0 Å². The number of nitrogens with zero attached hydrogens (tertiary/aromatic N) is 1. The van der Waals surface area contributed by atoms with Gasteiger partial charge in [0.15, 0.2) is 12.4 Å². The highest BCUT2D eigenvalue weighted by Gasteiger charge is 2.42. The summed E-state index contributed by atoms with van der Waals surface area (Å²) < 4.78 is 61.9. The molecule has 0 fully saturated rings. The van der Waals surface area contributed by atoms with E-state index in [9.17, 15) is 27.2 Å². The fourth-order valence-corrected chi connectivity index (χ4v) is 7.93. The number of para-hydroxylation sites is 1. The highest BCUT2D eigenvalue weighted by molar-refractivity contribution is 6.26. The molecule has 6 aromatic rings. The first kappa shape index (κ1) is 40.4. The number of alkyl halides is 4. The molecule has 56 heavy (non-hydrogen) atoms. The van der Waals surface area contributed by atoms with Crippen LogP contribution in [0, 0.1) is 26.7 Å². The largest absolute Gasteiger partial charge is 0.487 e. The van der Waals surface area contributed by atoms with Crippen LogP contribution >= 0.6 is 0 Å². The van der Waals surface area contributed by atoms with Gasteiger partial charge in [-0.2, -0.15) is 8.78 Å². The Balaban J connectivity index is 1.61. The number of hydrogen-bond donors (Lipinski definition) is 1. The van der Waals surface area contributed by atoms with Crippen LogP contribution in [0.4, 0.5) is 17.6 Å². The molecule has 0 bridgehead atoms.